The number of para-hydroxylation sites is 1. The van der Waals surface area contributed by atoms with Crippen molar-refractivity contribution in [3.05, 3.63) is 29.8 Å². The molecule has 1 aromatic carbocycles. The maximum atomic E-state index is 13.1. The number of carbonyl (C=O) groups excluding carboxylic acids is 1. The van der Waals surface area contributed by atoms with Crippen molar-refractivity contribution < 1.29 is 32.6 Å². The van der Waals surface area contributed by atoms with Crippen LogP contribution in [0, 0.1) is 12.3 Å². The van der Waals surface area contributed by atoms with E-state index < -0.39 is 36.4 Å². The molecule has 1 unspecified atom stereocenters. The highest BCUT2D eigenvalue weighted by molar-refractivity contribution is 5.81. The maximum absolute atomic E-state index is 13.1. The minimum absolute atomic E-state index is 0.0133. The second kappa shape index (κ2) is 7.33. The van der Waals surface area contributed by atoms with E-state index in [0.717, 1.165) is 10.5 Å². The summed E-state index contributed by atoms with van der Waals surface area (Å²) in [6, 6.07) is 7.37. The molecule has 0 radical (unpaired) electrons. The number of aliphatic carboxylic acids is 1. The minimum atomic E-state index is -4.89. The van der Waals surface area contributed by atoms with E-state index in [2.05, 4.69) is 0 Å². The predicted molar refractivity (Wildman–Crippen MR) is 83.2 cm³/mol. The van der Waals surface area contributed by atoms with E-state index in [-0.39, 0.29) is 19.6 Å². The number of carbonyl (C=O) groups is 2. The molecule has 1 aromatic rings. The second-order valence-electron chi connectivity index (χ2n) is 6.17. The summed E-state index contributed by atoms with van der Waals surface area (Å²) in [6.45, 7) is 1.10. The molecule has 5 nitrogen and oxygen atoms in total. The number of hydrogen-bond acceptors (Lipinski definition) is 3. The summed E-state index contributed by atoms with van der Waals surface area (Å²) >= 11 is 0. The van der Waals surface area contributed by atoms with Crippen molar-refractivity contribution in [2.24, 2.45) is 5.41 Å². The van der Waals surface area contributed by atoms with Crippen molar-refractivity contribution in [1.82, 2.24) is 4.90 Å². The summed E-state index contributed by atoms with van der Waals surface area (Å²) < 4.78 is 44.8. The first-order valence-corrected chi connectivity index (χ1v) is 7.94. The number of nitrogens with zero attached hydrogens (tertiary/aromatic N) is 1. The highest BCUT2D eigenvalue weighted by Gasteiger charge is 2.64. The molecule has 1 N–H and O–H groups in total. The van der Waals surface area contributed by atoms with Crippen molar-refractivity contribution in [3.63, 3.8) is 0 Å². The van der Waals surface area contributed by atoms with E-state index in [4.69, 9.17) is 9.84 Å². The van der Waals surface area contributed by atoms with Gasteiger partial charge in [-0.2, -0.15) is 13.2 Å². The van der Waals surface area contributed by atoms with Crippen LogP contribution in [0.15, 0.2) is 24.3 Å². The van der Waals surface area contributed by atoms with Gasteiger partial charge in [-0.25, -0.2) is 0 Å². The van der Waals surface area contributed by atoms with Gasteiger partial charge in [0.05, 0.1) is 6.61 Å². The molecular weight excluding hydrogens is 339 g/mol. The zero-order valence-electron chi connectivity index (χ0n) is 13.8. The van der Waals surface area contributed by atoms with Gasteiger partial charge in [0, 0.05) is 19.5 Å². The minimum Gasteiger partial charge on any atom is -0.493 e. The molecule has 1 amide bonds. The number of benzene rings is 1. The van der Waals surface area contributed by atoms with Gasteiger partial charge >= 0.3 is 12.1 Å². The van der Waals surface area contributed by atoms with Gasteiger partial charge in [0.25, 0.3) is 0 Å². The smallest absolute Gasteiger partial charge is 0.406 e. The average Bonchev–Trinajstić information content (AvgIpc) is 2.99. The summed E-state index contributed by atoms with van der Waals surface area (Å²) in [5.74, 6) is -1.72. The molecule has 1 heterocycles. The number of aryl methyl sites for hydroxylation is 1. The highest BCUT2D eigenvalue weighted by atomic mass is 19.4. The number of likely N-dealkylation sites (tertiary alicyclic amines) is 1. The molecule has 0 saturated carbocycles. The van der Waals surface area contributed by atoms with Gasteiger partial charge in [-0.05, 0) is 31.4 Å². The molecule has 1 aliphatic rings. The first-order chi connectivity index (χ1) is 11.7. The van der Waals surface area contributed by atoms with E-state index in [9.17, 15) is 22.8 Å². The number of halogens is 3. The van der Waals surface area contributed by atoms with Gasteiger partial charge in [-0.1, -0.05) is 18.2 Å². The summed E-state index contributed by atoms with van der Waals surface area (Å²) in [4.78, 5) is 24.2. The van der Waals surface area contributed by atoms with E-state index in [0.29, 0.717) is 12.2 Å². The molecule has 1 aliphatic heterocycles. The zero-order valence-corrected chi connectivity index (χ0v) is 13.8. The number of ether oxygens (including phenoxy) is 1. The lowest BCUT2D eigenvalue weighted by atomic mass is 9.86. The third-order valence-corrected chi connectivity index (χ3v) is 4.46. The Labute approximate surface area is 143 Å². The summed E-state index contributed by atoms with van der Waals surface area (Å²) in [5.41, 5.74) is -1.91. The van der Waals surface area contributed by atoms with Gasteiger partial charge in [-0.3, -0.25) is 9.59 Å². The van der Waals surface area contributed by atoms with E-state index in [1.165, 1.54) is 0 Å². The van der Waals surface area contributed by atoms with Gasteiger partial charge in [-0.15, -0.1) is 0 Å². The van der Waals surface area contributed by atoms with Crippen LogP contribution < -0.4 is 4.74 Å². The summed E-state index contributed by atoms with van der Waals surface area (Å²) in [7, 11) is 0. The molecule has 0 aromatic heterocycles. The number of carboxylic acids is 1. The first-order valence-electron chi connectivity index (χ1n) is 7.94. The van der Waals surface area contributed by atoms with Crippen molar-refractivity contribution >= 4 is 11.9 Å². The SMILES string of the molecule is Cc1ccccc1OCCCC(=O)N1CCC(C(=O)O)(C(F)(F)F)C1. The molecule has 1 atom stereocenters. The van der Waals surface area contributed by atoms with Crippen molar-refractivity contribution in [2.45, 2.75) is 32.4 Å². The zero-order chi connectivity index (χ0) is 18.7. The lowest BCUT2D eigenvalue weighted by Crippen LogP contribution is -2.47. The fourth-order valence-corrected chi connectivity index (χ4v) is 2.83. The van der Waals surface area contributed by atoms with Crippen LogP contribution in [0.3, 0.4) is 0 Å². The Balaban J connectivity index is 1.84. The van der Waals surface area contributed by atoms with Crippen molar-refractivity contribution in [3.8, 4) is 5.75 Å². The molecule has 1 saturated heterocycles. The molecule has 0 spiro atoms. The molecule has 0 aliphatic carbocycles. The van der Waals surface area contributed by atoms with Crippen LogP contribution in [0.5, 0.6) is 5.75 Å². The summed E-state index contributed by atoms with van der Waals surface area (Å²) in [5, 5.41) is 8.99. The largest absolute Gasteiger partial charge is 0.493 e. The fraction of sp³-hybridized carbons (Fsp3) is 0.529. The molecule has 0 bridgehead atoms. The lowest BCUT2D eigenvalue weighted by molar-refractivity contribution is -0.227. The highest BCUT2D eigenvalue weighted by Crippen LogP contribution is 2.45. The van der Waals surface area contributed by atoms with E-state index >= 15 is 0 Å². The predicted octanol–water partition coefficient (Wildman–Crippen LogP) is 3.02. The Morgan fingerprint density at radius 1 is 1.32 bits per heavy atom. The van der Waals surface area contributed by atoms with Gasteiger partial charge in [0.2, 0.25) is 5.91 Å². The Hall–Kier alpha value is -2.25. The fourth-order valence-electron chi connectivity index (χ4n) is 2.83. The van der Waals surface area contributed by atoms with Crippen LogP contribution in [0.2, 0.25) is 0 Å². The van der Waals surface area contributed by atoms with E-state index in [1.807, 2.05) is 25.1 Å². The van der Waals surface area contributed by atoms with Gasteiger partial charge < -0.3 is 14.7 Å². The molecule has 1 fully saturated rings. The van der Waals surface area contributed by atoms with E-state index in [1.54, 1.807) is 6.07 Å². The number of amides is 1. The Morgan fingerprint density at radius 3 is 2.56 bits per heavy atom. The average molecular weight is 359 g/mol. The topological polar surface area (TPSA) is 66.8 Å². The standard InChI is InChI=1S/C17H20F3NO4/c1-12-5-2-3-6-13(12)25-10-4-7-14(22)21-9-8-16(11-21,15(23)24)17(18,19)20/h2-3,5-6H,4,7-11H2,1H3,(H,23,24). The third kappa shape index (κ3) is 4.05. The molecule has 25 heavy (non-hydrogen) atoms. The first kappa shape index (κ1) is 19.1. The molecular formula is C17H20F3NO4. The van der Waals surface area contributed by atoms with Crippen LogP contribution >= 0.6 is 0 Å². The Bertz CT molecular complexity index is 647. The maximum Gasteiger partial charge on any atom is 0.406 e. The summed E-state index contributed by atoms with van der Waals surface area (Å²) in [6.07, 6.45) is -5.14. The van der Waals surface area contributed by atoms with Crippen LogP contribution in [0.1, 0.15) is 24.8 Å². The third-order valence-electron chi connectivity index (χ3n) is 4.46. The molecule has 138 valence electrons. The van der Waals surface area contributed by atoms with Crippen molar-refractivity contribution in [2.75, 3.05) is 19.7 Å². The quantitative estimate of drug-likeness (QED) is 0.793. The number of hydrogen-bond donors (Lipinski definition) is 1. The van der Waals surface area contributed by atoms with Crippen LogP contribution in [-0.2, 0) is 9.59 Å². The normalized spacial score (nSPS) is 20.6. The second-order valence-corrected chi connectivity index (χ2v) is 6.17. The Morgan fingerprint density at radius 2 is 2.00 bits per heavy atom. The molecule has 8 heteroatoms. The van der Waals surface area contributed by atoms with Crippen LogP contribution in [0.25, 0.3) is 0 Å². The number of rotatable bonds is 6. The monoisotopic (exact) mass is 359 g/mol. The Kier molecular flexibility index (Phi) is 5.59. The van der Waals surface area contributed by atoms with Crippen LogP contribution in [0.4, 0.5) is 13.2 Å². The number of alkyl halides is 3. The number of carboxylic acid groups (broad SMARTS) is 1. The van der Waals surface area contributed by atoms with Crippen LogP contribution in [-0.4, -0.2) is 47.8 Å². The lowest BCUT2D eigenvalue weighted by Gasteiger charge is -2.27. The van der Waals surface area contributed by atoms with Gasteiger partial charge in [0.15, 0.2) is 5.41 Å². The van der Waals surface area contributed by atoms with Crippen molar-refractivity contribution in [1.29, 1.82) is 0 Å². The molecule has 2 rings (SSSR count). The van der Waals surface area contributed by atoms with Gasteiger partial charge in [0.1, 0.15) is 5.75 Å².